The first-order chi connectivity index (χ1) is 41.1. The van der Waals surface area contributed by atoms with Crippen LogP contribution in [0, 0.1) is 23.4 Å². The molecule has 3 aromatic heterocycles. The van der Waals surface area contributed by atoms with Gasteiger partial charge in [-0.15, -0.1) is 0 Å². The molecule has 1 aliphatic rings. The molecule has 6 nitrogen and oxygen atoms in total. The van der Waals surface area contributed by atoms with Crippen molar-refractivity contribution >= 4 is 56.8 Å². The molecule has 0 saturated carbocycles. The molecule has 12 aromatic rings. The molecule has 8 heteroatoms. The van der Waals surface area contributed by atoms with E-state index in [1.165, 1.54) is 0 Å². The van der Waals surface area contributed by atoms with Gasteiger partial charge in [0.2, 0.25) is 0 Å². The molecule has 0 aliphatic carbocycles. The van der Waals surface area contributed by atoms with Crippen LogP contribution in [0.1, 0.15) is 67.8 Å². The van der Waals surface area contributed by atoms with Crippen molar-refractivity contribution in [2.24, 2.45) is 5.92 Å². The van der Waals surface area contributed by atoms with Crippen LogP contribution < -0.4 is 15.0 Å². The number of benzene rings is 9. The second-order valence-electron chi connectivity index (χ2n) is 21.7. The minimum atomic E-state index is -2.42. The van der Waals surface area contributed by atoms with Crippen molar-refractivity contribution in [3.8, 4) is 56.4 Å². The monoisotopic (exact) mass is 1200 g/mol. The topological polar surface area (TPSA) is 40.1 Å². The van der Waals surface area contributed by atoms with E-state index < -0.39 is 20.7 Å². The number of rotatable bonds is 11. The first-order valence-electron chi connectivity index (χ1n) is 30.5. The van der Waals surface area contributed by atoms with Crippen LogP contribution in [0.5, 0.6) is 11.6 Å². The van der Waals surface area contributed by atoms with Crippen molar-refractivity contribution < 1.29 is 35.1 Å². The van der Waals surface area contributed by atoms with Crippen LogP contribution >= 0.6 is 0 Å². The van der Waals surface area contributed by atoms with Gasteiger partial charge in [-0.2, -0.15) is 0 Å². The Hall–Kier alpha value is -8.25. The van der Waals surface area contributed by atoms with Crippen LogP contribution in [0.4, 0.5) is 11.5 Å². The third-order valence-corrected chi connectivity index (χ3v) is 15.8. The average molecular weight is 1200 g/mol. The first-order valence-corrected chi connectivity index (χ1v) is 27.6. The summed E-state index contributed by atoms with van der Waals surface area (Å²) >= 11 is 2.36. The summed E-state index contributed by atoms with van der Waals surface area (Å²) in [6.45, 7) is 5.65. The Bertz CT molecular complexity index is 4720. The van der Waals surface area contributed by atoms with Crippen molar-refractivity contribution in [1.29, 1.82) is 0 Å². The number of pyridine rings is 1. The SMILES string of the molecule is [2H]c1c(CC(C)C)c([2H])c(-c2cc(-c3ccccc3)cc(C(C)(C)C)c2)c(-n2[c](=[Pt])n(-c3cccc(Oc4cccc(N5B(c6ccccc6)n6c7cc(C([2H])([2H])[2H])ccc7c7cccc5c76)n4)c3)c3ccccc32)c1-c1cccc(C([2H])([2H])[2H])c1. The molecule has 0 bridgehead atoms. The summed E-state index contributed by atoms with van der Waals surface area (Å²) in [6, 6.07) is 67.8. The van der Waals surface area contributed by atoms with E-state index in [2.05, 4.69) is 139 Å². The Balaban J connectivity index is 0.985. The number of ether oxygens (including phenoxy) is 1. The van der Waals surface area contributed by atoms with Crippen LogP contribution in [0.2, 0.25) is 0 Å². The van der Waals surface area contributed by atoms with Gasteiger partial charge in [0.1, 0.15) is 0 Å². The standard InChI is InChI=1S/C70H60BN5O.Pt/c1-46(2)36-49-39-60(51-23-16-20-47(3)37-51)68(61(40-49)53-41-52(50-21-10-8-11-22-50)42-54(43-53)70(5,6)7)74-45-73(62-29-14-15-30-63(62)74)56-26-17-27-57(44-56)77-67-33-19-32-66(72-67)75-64-31-18-28-59-58-35-34-48(4)38-65(58)76(69(59)64)71(75)55-24-12-9-13-25-55;/h8-35,37-44,46H,36H2,1-7H3;/i3D3,4D3,39D,40D;. The Morgan fingerprint density at radius 3 is 2.05 bits per heavy atom. The van der Waals surface area contributed by atoms with Crippen LogP contribution in [-0.2, 0) is 31.2 Å². The molecule has 13 rings (SSSR count). The van der Waals surface area contributed by atoms with Gasteiger partial charge in [0.05, 0.1) is 0 Å². The van der Waals surface area contributed by atoms with Crippen LogP contribution in [0.15, 0.2) is 218 Å². The average Bonchev–Trinajstić information content (AvgIpc) is 1.53. The second kappa shape index (κ2) is 19.6. The zero-order valence-corrected chi connectivity index (χ0v) is 46.2. The van der Waals surface area contributed by atoms with Crippen molar-refractivity contribution in [2.75, 3.05) is 4.81 Å². The zero-order valence-electron chi connectivity index (χ0n) is 52.0. The summed E-state index contributed by atoms with van der Waals surface area (Å²) in [5.41, 5.74) is 13.1. The number of hydrogen-bond acceptors (Lipinski definition) is 3. The summed E-state index contributed by atoms with van der Waals surface area (Å²) < 4.78 is 85.5. The fourth-order valence-corrected chi connectivity index (χ4v) is 12.4. The van der Waals surface area contributed by atoms with Crippen LogP contribution in [-0.4, -0.2) is 25.6 Å². The van der Waals surface area contributed by atoms with Crippen LogP contribution in [0.3, 0.4) is 0 Å². The second-order valence-corrected chi connectivity index (χ2v) is 22.7. The quantitative estimate of drug-likeness (QED) is 0.121. The molecule has 0 amide bonds. The summed E-state index contributed by atoms with van der Waals surface area (Å²) in [5.74, 6) is 1.62. The van der Waals surface area contributed by atoms with Crippen molar-refractivity contribution in [3.63, 3.8) is 0 Å². The number of anilines is 2. The van der Waals surface area contributed by atoms with E-state index >= 15 is 0 Å². The molecule has 0 N–H and O–H groups in total. The third kappa shape index (κ3) is 8.75. The number of fused-ring (bicyclic) bond motifs is 4. The Morgan fingerprint density at radius 1 is 0.603 bits per heavy atom. The number of aromatic nitrogens is 4. The molecule has 4 heterocycles. The number of hydrogen-bond donors (Lipinski definition) is 0. The number of imidazole rings is 1. The predicted octanol–water partition coefficient (Wildman–Crippen LogP) is 17.3. The summed E-state index contributed by atoms with van der Waals surface area (Å²) in [4.78, 5) is 7.42. The molecular formula is C70H60BN5OPt. The number of para-hydroxylation sites is 3. The van der Waals surface area contributed by atoms with Gasteiger partial charge in [-0.1, -0.05) is 54.6 Å². The Morgan fingerprint density at radius 2 is 1.28 bits per heavy atom. The number of aryl methyl sites for hydroxylation is 2. The molecule has 1 aliphatic heterocycles. The van der Waals surface area contributed by atoms with Crippen molar-refractivity contribution in [1.82, 2.24) is 18.6 Å². The van der Waals surface area contributed by atoms with Gasteiger partial charge in [-0.3, -0.25) is 0 Å². The van der Waals surface area contributed by atoms with Crippen LogP contribution in [0.25, 0.3) is 77.6 Å². The third-order valence-electron chi connectivity index (χ3n) is 14.8. The summed E-state index contributed by atoms with van der Waals surface area (Å²) in [5, 5.41) is 1.99. The summed E-state index contributed by atoms with van der Waals surface area (Å²) in [7, 11) is 0. The molecular weight excluding hydrogens is 1130 g/mol. The van der Waals surface area contributed by atoms with Gasteiger partial charge in [0.25, 0.3) is 0 Å². The van der Waals surface area contributed by atoms with Gasteiger partial charge in [-0.25, -0.2) is 0 Å². The Labute approximate surface area is 479 Å². The van der Waals surface area contributed by atoms with E-state index in [4.69, 9.17) is 17.9 Å². The predicted molar refractivity (Wildman–Crippen MR) is 322 cm³/mol. The molecule has 384 valence electrons. The first kappa shape index (κ1) is 40.9. The zero-order chi connectivity index (χ0) is 60.1. The van der Waals surface area contributed by atoms with Crippen molar-refractivity contribution in [2.45, 2.75) is 60.2 Å². The maximum atomic E-state index is 10.5. The van der Waals surface area contributed by atoms with Gasteiger partial charge in [0.15, 0.2) is 0 Å². The maximum absolute atomic E-state index is 10.5. The molecule has 0 saturated heterocycles. The van der Waals surface area contributed by atoms with E-state index in [0.29, 0.717) is 51.8 Å². The van der Waals surface area contributed by atoms with E-state index in [9.17, 15) is 2.74 Å². The molecule has 9 aromatic carbocycles. The Kier molecular flexibility index (Phi) is 10.3. The van der Waals surface area contributed by atoms with Crippen molar-refractivity contribution in [3.05, 3.63) is 244 Å². The molecule has 0 atom stereocenters. The minimum absolute atomic E-state index is 0.0985. The molecule has 0 radical (unpaired) electrons. The molecule has 0 spiro atoms. The molecule has 0 unspecified atom stereocenters. The molecule has 0 fully saturated rings. The van der Waals surface area contributed by atoms with Gasteiger partial charge in [-0.05, 0) is 18.5 Å². The van der Waals surface area contributed by atoms with E-state index in [1.54, 1.807) is 30.3 Å². The number of nitrogens with zero attached hydrogens (tertiary/aromatic N) is 5. The van der Waals surface area contributed by atoms with Gasteiger partial charge >= 0.3 is 389 Å². The fraction of sp³-hybridized carbons (Fsp3) is 0.143. The van der Waals surface area contributed by atoms with E-state index in [-0.39, 0.29) is 34.5 Å². The summed E-state index contributed by atoms with van der Waals surface area (Å²) in [6.07, 6.45) is 0.456. The molecule has 78 heavy (non-hydrogen) atoms. The van der Waals surface area contributed by atoms with Gasteiger partial charge in [0, 0.05) is 20.4 Å². The van der Waals surface area contributed by atoms with E-state index in [1.807, 2.05) is 109 Å². The van der Waals surface area contributed by atoms with Gasteiger partial charge < -0.3 is 0 Å². The fourth-order valence-electron chi connectivity index (χ4n) is 11.3. The van der Waals surface area contributed by atoms with E-state index in [0.717, 1.165) is 75.7 Å². The normalized spacial score (nSPS) is 14.3.